The minimum absolute atomic E-state index is 0.0378. The van der Waals surface area contributed by atoms with Gasteiger partial charge in [0.2, 0.25) is 17.7 Å². The Morgan fingerprint density at radius 3 is 2.45 bits per heavy atom. The number of likely N-dealkylation sites (tertiary alicyclic amines) is 1. The quantitative estimate of drug-likeness (QED) is 0.434. The van der Waals surface area contributed by atoms with Gasteiger partial charge >= 0.3 is 0 Å². The number of carbonyl (C=O) groups excluding carboxylic acids is 3. The third kappa shape index (κ3) is 4.21. The summed E-state index contributed by atoms with van der Waals surface area (Å²) in [6.07, 6.45) is 2.08. The van der Waals surface area contributed by atoms with Crippen molar-refractivity contribution in [3.63, 3.8) is 0 Å². The second-order valence-corrected chi connectivity index (χ2v) is 13.2. The van der Waals surface area contributed by atoms with Crippen LogP contribution in [0.15, 0.2) is 54.6 Å². The van der Waals surface area contributed by atoms with E-state index < -0.39 is 33.4 Å². The van der Waals surface area contributed by atoms with Crippen LogP contribution in [0.1, 0.15) is 40.0 Å². The number of thioether (sulfide) groups is 1. The lowest BCUT2D eigenvalue weighted by atomic mass is 9.66. The van der Waals surface area contributed by atoms with E-state index in [4.69, 9.17) is 11.6 Å². The maximum Gasteiger partial charge on any atom is 0.248 e. The molecule has 3 aliphatic heterocycles. The number of anilines is 2. The first-order chi connectivity index (χ1) is 18.2. The van der Waals surface area contributed by atoms with Crippen LogP contribution >= 0.6 is 23.4 Å². The minimum atomic E-state index is -0.844. The number of benzene rings is 2. The molecule has 0 radical (unpaired) electrons. The Hall–Kier alpha value is -2.55. The number of carbonyl (C=O) groups is 3. The summed E-state index contributed by atoms with van der Waals surface area (Å²) in [6.45, 7) is 5.76. The minimum Gasteiger partial charge on any atom is -0.394 e. The van der Waals surface area contributed by atoms with Gasteiger partial charge < -0.3 is 20.6 Å². The fourth-order valence-electron chi connectivity index (χ4n) is 6.74. The zero-order chi connectivity index (χ0) is 27.2. The Bertz CT molecular complexity index is 1250. The first-order valence-electron chi connectivity index (χ1n) is 13.2. The molecule has 2 aromatic rings. The summed E-state index contributed by atoms with van der Waals surface area (Å²) in [4.78, 5) is 43.8. The molecule has 1 spiro atoms. The second-order valence-electron chi connectivity index (χ2n) is 10.9. The molecule has 9 heteroatoms. The van der Waals surface area contributed by atoms with Crippen LogP contribution in [0.25, 0.3) is 0 Å². The molecule has 38 heavy (non-hydrogen) atoms. The molecule has 0 aliphatic carbocycles. The monoisotopic (exact) mass is 555 g/mol. The third-order valence-corrected chi connectivity index (χ3v) is 11.1. The van der Waals surface area contributed by atoms with Gasteiger partial charge in [0.25, 0.3) is 0 Å². The van der Waals surface area contributed by atoms with Gasteiger partial charge in [-0.05, 0) is 49.9 Å². The molecule has 3 amide bonds. The Labute approximate surface area is 232 Å². The summed E-state index contributed by atoms with van der Waals surface area (Å²) in [7, 11) is 0. The molecule has 3 N–H and O–H groups in total. The molecule has 2 aromatic carbocycles. The van der Waals surface area contributed by atoms with Crippen LogP contribution in [-0.2, 0) is 14.4 Å². The third-order valence-electron chi connectivity index (χ3n) is 8.76. The van der Waals surface area contributed by atoms with Gasteiger partial charge in [0.1, 0.15) is 6.04 Å². The van der Waals surface area contributed by atoms with Gasteiger partial charge in [0, 0.05) is 10.4 Å². The fraction of sp³-hybridized carbons (Fsp3) is 0.483. The van der Waals surface area contributed by atoms with Crippen molar-refractivity contribution >= 4 is 52.5 Å². The number of nitrogens with one attached hydrogen (secondary N) is 2. The van der Waals surface area contributed by atoms with Crippen LogP contribution < -0.4 is 10.6 Å². The molecule has 0 aromatic heterocycles. The van der Waals surface area contributed by atoms with Crippen molar-refractivity contribution in [1.82, 2.24) is 4.90 Å². The molecule has 3 heterocycles. The Morgan fingerprint density at radius 1 is 1.11 bits per heavy atom. The molecule has 5 rings (SSSR count). The van der Waals surface area contributed by atoms with Crippen molar-refractivity contribution in [3.8, 4) is 0 Å². The Morgan fingerprint density at radius 2 is 1.79 bits per heavy atom. The number of halogens is 1. The highest BCUT2D eigenvalue weighted by atomic mass is 35.5. The van der Waals surface area contributed by atoms with Crippen molar-refractivity contribution in [2.45, 2.75) is 61.6 Å². The molecule has 3 fully saturated rings. The summed E-state index contributed by atoms with van der Waals surface area (Å²) in [5, 5.41) is 16.8. The molecule has 2 unspecified atom stereocenters. The highest BCUT2D eigenvalue weighted by molar-refractivity contribution is 8.02. The molecule has 3 saturated heterocycles. The van der Waals surface area contributed by atoms with E-state index in [0.29, 0.717) is 29.2 Å². The zero-order valence-electron chi connectivity index (χ0n) is 21.8. The first-order valence-corrected chi connectivity index (χ1v) is 14.4. The highest BCUT2D eigenvalue weighted by Gasteiger charge is 2.77. The van der Waals surface area contributed by atoms with E-state index in [1.165, 1.54) is 0 Å². The smallest absolute Gasteiger partial charge is 0.248 e. The van der Waals surface area contributed by atoms with Gasteiger partial charge in [-0.1, -0.05) is 62.2 Å². The van der Waals surface area contributed by atoms with Gasteiger partial charge in [-0.3, -0.25) is 14.4 Å². The van der Waals surface area contributed by atoms with Gasteiger partial charge in [-0.25, -0.2) is 0 Å². The topological polar surface area (TPSA) is 98.7 Å². The SMILES string of the molecule is CC[C@H](C)[C@H](CO)N1C(=O)[C@@H]2[C@@H](C(=O)Nc3ccccc3)[C@@]3(C)CCC2(S3)C1C(=O)Nc1ccccc1Cl. The number of hydrogen-bond acceptors (Lipinski definition) is 5. The van der Waals surface area contributed by atoms with Crippen molar-refractivity contribution in [2.24, 2.45) is 17.8 Å². The normalized spacial score (nSPS) is 31.1. The molecular weight excluding hydrogens is 522 g/mol. The van der Waals surface area contributed by atoms with Gasteiger partial charge in [-0.2, -0.15) is 0 Å². The summed E-state index contributed by atoms with van der Waals surface area (Å²) < 4.78 is -1.27. The van der Waals surface area contributed by atoms with E-state index >= 15 is 0 Å². The molecule has 3 aliphatic rings. The average molecular weight is 556 g/mol. The lowest BCUT2D eigenvalue weighted by Crippen LogP contribution is -2.56. The lowest BCUT2D eigenvalue weighted by Gasteiger charge is -2.39. The number of nitrogens with zero attached hydrogens (tertiary/aromatic N) is 1. The fourth-order valence-corrected chi connectivity index (χ4v) is 9.27. The second kappa shape index (κ2) is 10.2. The average Bonchev–Trinajstić information content (AvgIpc) is 3.47. The van der Waals surface area contributed by atoms with Gasteiger partial charge in [0.15, 0.2) is 0 Å². The van der Waals surface area contributed by atoms with Crippen LogP contribution in [0.2, 0.25) is 5.02 Å². The van der Waals surface area contributed by atoms with Crippen LogP contribution in [0.4, 0.5) is 11.4 Å². The van der Waals surface area contributed by atoms with Crippen molar-refractivity contribution < 1.29 is 19.5 Å². The van der Waals surface area contributed by atoms with Gasteiger partial charge in [0.05, 0.1) is 39.9 Å². The van der Waals surface area contributed by atoms with Crippen LogP contribution in [0.5, 0.6) is 0 Å². The number of rotatable bonds is 8. The number of aliphatic hydroxyl groups excluding tert-OH is 1. The Balaban J connectivity index is 1.56. The van der Waals surface area contributed by atoms with Crippen molar-refractivity contribution in [3.05, 3.63) is 59.6 Å². The van der Waals surface area contributed by atoms with Crippen LogP contribution in [0, 0.1) is 17.8 Å². The summed E-state index contributed by atoms with van der Waals surface area (Å²) >= 11 is 7.97. The van der Waals surface area contributed by atoms with Crippen molar-refractivity contribution in [1.29, 1.82) is 0 Å². The number of fused-ring (bicyclic) bond motifs is 1. The van der Waals surface area contributed by atoms with E-state index in [1.807, 2.05) is 51.1 Å². The van der Waals surface area contributed by atoms with E-state index in [1.54, 1.807) is 40.9 Å². The molecule has 7 atom stereocenters. The largest absolute Gasteiger partial charge is 0.394 e. The number of amides is 3. The van der Waals surface area contributed by atoms with Crippen molar-refractivity contribution in [2.75, 3.05) is 17.2 Å². The van der Waals surface area contributed by atoms with E-state index in [0.717, 1.165) is 6.42 Å². The van der Waals surface area contributed by atoms with E-state index in [2.05, 4.69) is 10.6 Å². The van der Waals surface area contributed by atoms with E-state index in [-0.39, 0.29) is 30.2 Å². The molecule has 7 nitrogen and oxygen atoms in total. The lowest BCUT2D eigenvalue weighted by molar-refractivity contribution is -0.142. The van der Waals surface area contributed by atoms with Crippen LogP contribution in [-0.4, -0.2) is 55.9 Å². The molecule has 0 saturated carbocycles. The first kappa shape index (κ1) is 27.0. The number of hydrogen-bond donors (Lipinski definition) is 3. The number of aliphatic hydroxyl groups is 1. The summed E-state index contributed by atoms with van der Waals surface area (Å²) in [5.41, 5.74) is 1.14. The Kier molecular flexibility index (Phi) is 7.26. The summed E-state index contributed by atoms with van der Waals surface area (Å²) in [5.74, 6) is -2.09. The molecule has 202 valence electrons. The predicted molar refractivity (Wildman–Crippen MR) is 151 cm³/mol. The van der Waals surface area contributed by atoms with E-state index in [9.17, 15) is 19.5 Å². The maximum atomic E-state index is 14.4. The van der Waals surface area contributed by atoms with Gasteiger partial charge in [-0.15, -0.1) is 11.8 Å². The zero-order valence-corrected chi connectivity index (χ0v) is 23.4. The number of para-hydroxylation sites is 2. The highest BCUT2D eigenvalue weighted by Crippen LogP contribution is 2.71. The predicted octanol–water partition coefficient (Wildman–Crippen LogP) is 4.81. The standard InChI is InChI=1S/C29H34ClN3O4S/c1-4-17(2)21(16-34)33-24(26(36)32-20-13-9-8-12-19(20)30)29-15-14-28(3,38-29)22(23(29)27(33)37)25(35)31-18-10-6-5-7-11-18/h5-13,17,21-24,34H,4,14-16H2,1-3H3,(H,31,35)(H,32,36)/t17-,21-,22-,23-,24?,28+,29?/m0/s1. The molecule has 2 bridgehead atoms. The van der Waals surface area contributed by atoms with Crippen LogP contribution in [0.3, 0.4) is 0 Å². The molecular formula is C29H34ClN3O4S. The maximum absolute atomic E-state index is 14.4. The summed E-state index contributed by atoms with van der Waals surface area (Å²) in [6, 6.07) is 14.8.